The summed E-state index contributed by atoms with van der Waals surface area (Å²) in [6.45, 7) is 4.43. The molecule has 1 N–H and O–H groups in total. The predicted molar refractivity (Wildman–Crippen MR) is 70.2 cm³/mol. The van der Waals surface area contributed by atoms with Crippen molar-refractivity contribution < 1.29 is 14.6 Å². The number of ether oxygens (including phenoxy) is 1. The Kier molecular flexibility index (Phi) is 4.02. The zero-order chi connectivity index (χ0) is 13.1. The normalized spacial score (nSPS) is 17.8. The molecule has 1 aliphatic heterocycles. The molecule has 1 saturated heterocycles. The van der Waals surface area contributed by atoms with Crippen LogP contribution in [-0.4, -0.2) is 23.6 Å². The molecule has 2 rings (SSSR count). The maximum Gasteiger partial charge on any atom is 0.163 e. The highest BCUT2D eigenvalue weighted by molar-refractivity contribution is 5.97. The first-order valence-corrected chi connectivity index (χ1v) is 6.59. The van der Waals surface area contributed by atoms with Crippen molar-refractivity contribution in [3.05, 3.63) is 28.8 Å². The number of aryl methyl sites for hydroxylation is 1. The molecule has 0 spiro atoms. The standard InChI is InChI=1S/C15H20O3/c1-3-4-14-11(5-7-12-9-18-12)6-8-13(10(2)16)15(14)17/h6,8,12,17H,3-5,7,9H2,1-2H3. The van der Waals surface area contributed by atoms with E-state index in [0.29, 0.717) is 11.7 Å². The number of epoxide rings is 1. The lowest BCUT2D eigenvalue weighted by atomic mass is 9.94. The van der Waals surface area contributed by atoms with E-state index < -0.39 is 0 Å². The third-order valence-corrected chi connectivity index (χ3v) is 3.40. The topological polar surface area (TPSA) is 49.8 Å². The van der Waals surface area contributed by atoms with E-state index in [2.05, 4.69) is 6.92 Å². The number of phenolic OH excluding ortho intramolecular Hbond substituents is 1. The lowest BCUT2D eigenvalue weighted by Gasteiger charge is -2.13. The first kappa shape index (κ1) is 13.1. The largest absolute Gasteiger partial charge is 0.507 e. The van der Waals surface area contributed by atoms with Gasteiger partial charge in [0, 0.05) is 0 Å². The second kappa shape index (κ2) is 5.53. The number of hydrogen-bond donors (Lipinski definition) is 1. The fourth-order valence-corrected chi connectivity index (χ4v) is 2.28. The summed E-state index contributed by atoms with van der Waals surface area (Å²) >= 11 is 0. The molecule has 0 radical (unpaired) electrons. The molecule has 1 heterocycles. The Morgan fingerprint density at radius 1 is 1.44 bits per heavy atom. The Morgan fingerprint density at radius 3 is 2.72 bits per heavy atom. The van der Waals surface area contributed by atoms with Crippen molar-refractivity contribution in [3.63, 3.8) is 0 Å². The molecule has 0 amide bonds. The number of carbonyl (C=O) groups is 1. The van der Waals surface area contributed by atoms with Crippen LogP contribution in [0.3, 0.4) is 0 Å². The number of hydrogen-bond acceptors (Lipinski definition) is 3. The third-order valence-electron chi connectivity index (χ3n) is 3.40. The van der Waals surface area contributed by atoms with Gasteiger partial charge < -0.3 is 9.84 Å². The van der Waals surface area contributed by atoms with Crippen LogP contribution in [0.2, 0.25) is 0 Å². The molecule has 98 valence electrons. The second-order valence-corrected chi connectivity index (χ2v) is 4.90. The van der Waals surface area contributed by atoms with E-state index in [1.165, 1.54) is 6.92 Å². The van der Waals surface area contributed by atoms with Crippen LogP contribution in [0.25, 0.3) is 0 Å². The Bertz CT molecular complexity index is 447. The lowest BCUT2D eigenvalue weighted by Crippen LogP contribution is -2.02. The average Bonchev–Trinajstić information content (AvgIpc) is 3.13. The van der Waals surface area contributed by atoms with Gasteiger partial charge in [-0.2, -0.15) is 0 Å². The minimum atomic E-state index is -0.0815. The molecule has 3 nitrogen and oxygen atoms in total. The van der Waals surface area contributed by atoms with E-state index in [-0.39, 0.29) is 11.5 Å². The molecule has 0 bridgehead atoms. The highest BCUT2D eigenvalue weighted by Gasteiger charge is 2.23. The summed E-state index contributed by atoms with van der Waals surface area (Å²) in [4.78, 5) is 11.4. The fourth-order valence-electron chi connectivity index (χ4n) is 2.28. The van der Waals surface area contributed by atoms with Crippen LogP contribution in [0.5, 0.6) is 5.75 Å². The summed E-state index contributed by atoms with van der Waals surface area (Å²) < 4.78 is 5.21. The molecule has 0 aromatic heterocycles. The quantitative estimate of drug-likeness (QED) is 0.622. The number of ketones is 1. The van der Waals surface area contributed by atoms with Gasteiger partial charge in [0.25, 0.3) is 0 Å². The number of phenols is 1. The maximum atomic E-state index is 11.4. The van der Waals surface area contributed by atoms with Gasteiger partial charge in [0.1, 0.15) is 5.75 Å². The first-order chi connectivity index (χ1) is 8.63. The lowest BCUT2D eigenvalue weighted by molar-refractivity contribution is 0.101. The minimum absolute atomic E-state index is 0.0815. The van der Waals surface area contributed by atoms with Crippen LogP contribution in [-0.2, 0) is 17.6 Å². The van der Waals surface area contributed by atoms with E-state index in [9.17, 15) is 9.90 Å². The summed E-state index contributed by atoms with van der Waals surface area (Å²) in [6, 6.07) is 3.71. The molecule has 1 aromatic carbocycles. The van der Waals surface area contributed by atoms with Crippen LogP contribution in [0.15, 0.2) is 12.1 Å². The number of rotatable bonds is 6. The van der Waals surface area contributed by atoms with Crippen molar-refractivity contribution in [1.29, 1.82) is 0 Å². The van der Waals surface area contributed by atoms with Crippen LogP contribution in [0, 0.1) is 0 Å². The number of Topliss-reactive ketones (excluding diaryl/α,β-unsaturated/α-hetero) is 1. The van der Waals surface area contributed by atoms with Crippen molar-refractivity contribution >= 4 is 5.78 Å². The monoisotopic (exact) mass is 248 g/mol. The van der Waals surface area contributed by atoms with Crippen LogP contribution < -0.4 is 0 Å². The average molecular weight is 248 g/mol. The van der Waals surface area contributed by atoms with Crippen LogP contribution in [0.1, 0.15) is 48.2 Å². The van der Waals surface area contributed by atoms with Crippen molar-refractivity contribution in [2.45, 2.75) is 45.6 Å². The van der Waals surface area contributed by atoms with Gasteiger partial charge in [0.05, 0.1) is 18.3 Å². The van der Waals surface area contributed by atoms with Crippen molar-refractivity contribution in [2.75, 3.05) is 6.61 Å². The summed E-state index contributed by atoms with van der Waals surface area (Å²) in [5.74, 6) is 0.0977. The molecule has 0 saturated carbocycles. The molecule has 18 heavy (non-hydrogen) atoms. The molecule has 3 heteroatoms. The van der Waals surface area contributed by atoms with Gasteiger partial charge in [-0.15, -0.1) is 0 Å². The molecule has 1 atom stereocenters. The van der Waals surface area contributed by atoms with E-state index in [4.69, 9.17) is 4.74 Å². The summed E-state index contributed by atoms with van der Waals surface area (Å²) in [6.07, 6.45) is 4.07. The van der Waals surface area contributed by atoms with Gasteiger partial charge in [-0.1, -0.05) is 19.4 Å². The fraction of sp³-hybridized carbons (Fsp3) is 0.533. The third kappa shape index (κ3) is 2.91. The van der Waals surface area contributed by atoms with Gasteiger partial charge in [0.2, 0.25) is 0 Å². The minimum Gasteiger partial charge on any atom is -0.507 e. The van der Waals surface area contributed by atoms with Gasteiger partial charge in [-0.3, -0.25) is 4.79 Å². The molecular formula is C15H20O3. The highest BCUT2D eigenvalue weighted by Crippen LogP contribution is 2.30. The first-order valence-electron chi connectivity index (χ1n) is 6.59. The number of carbonyl (C=O) groups excluding carboxylic acids is 1. The van der Waals surface area contributed by atoms with E-state index >= 15 is 0 Å². The molecular weight excluding hydrogens is 228 g/mol. The summed E-state index contributed by atoms with van der Waals surface area (Å²) in [5, 5.41) is 10.2. The van der Waals surface area contributed by atoms with Gasteiger partial charge in [-0.05, 0) is 43.4 Å². The van der Waals surface area contributed by atoms with Gasteiger partial charge in [-0.25, -0.2) is 0 Å². The zero-order valence-electron chi connectivity index (χ0n) is 11.0. The zero-order valence-corrected chi connectivity index (χ0v) is 11.0. The smallest absolute Gasteiger partial charge is 0.163 e. The Morgan fingerprint density at radius 2 is 2.17 bits per heavy atom. The van der Waals surface area contributed by atoms with Gasteiger partial charge >= 0.3 is 0 Å². The van der Waals surface area contributed by atoms with Crippen molar-refractivity contribution in [2.24, 2.45) is 0 Å². The Balaban J connectivity index is 2.26. The van der Waals surface area contributed by atoms with Crippen LogP contribution in [0.4, 0.5) is 0 Å². The summed E-state index contributed by atoms with van der Waals surface area (Å²) in [7, 11) is 0. The van der Waals surface area contributed by atoms with Gasteiger partial charge in [0.15, 0.2) is 5.78 Å². The van der Waals surface area contributed by atoms with E-state index in [1.807, 2.05) is 6.07 Å². The molecule has 1 fully saturated rings. The SMILES string of the molecule is CCCc1c(CCC2CO2)ccc(C(C)=O)c1O. The van der Waals surface area contributed by atoms with E-state index in [0.717, 1.165) is 43.4 Å². The Labute approximate surface area is 108 Å². The van der Waals surface area contributed by atoms with Crippen molar-refractivity contribution in [3.8, 4) is 5.75 Å². The molecule has 1 aliphatic rings. The number of benzene rings is 1. The molecule has 1 unspecified atom stereocenters. The Hall–Kier alpha value is -1.35. The van der Waals surface area contributed by atoms with Crippen molar-refractivity contribution in [1.82, 2.24) is 0 Å². The predicted octanol–water partition coefficient (Wildman–Crippen LogP) is 2.88. The van der Waals surface area contributed by atoms with E-state index in [1.54, 1.807) is 6.07 Å². The van der Waals surface area contributed by atoms with Crippen LogP contribution >= 0.6 is 0 Å². The molecule has 0 aliphatic carbocycles. The summed E-state index contributed by atoms with van der Waals surface area (Å²) in [5.41, 5.74) is 2.52. The molecule has 1 aromatic rings. The number of aromatic hydroxyl groups is 1. The highest BCUT2D eigenvalue weighted by atomic mass is 16.6. The maximum absolute atomic E-state index is 11.4. The second-order valence-electron chi connectivity index (χ2n) is 4.90.